The van der Waals surface area contributed by atoms with E-state index >= 15 is 0 Å². The first kappa shape index (κ1) is 13.5. The summed E-state index contributed by atoms with van der Waals surface area (Å²) in [6.45, 7) is 4.20. The summed E-state index contributed by atoms with van der Waals surface area (Å²) in [6.07, 6.45) is 4.21. The molecular weight excluding hydrogens is 204 g/mol. The van der Waals surface area contributed by atoms with Crippen molar-refractivity contribution in [1.29, 1.82) is 0 Å². The molecule has 0 bridgehead atoms. The van der Waals surface area contributed by atoms with E-state index in [9.17, 15) is 4.79 Å². The van der Waals surface area contributed by atoms with Crippen LogP contribution < -0.4 is 5.73 Å². The highest BCUT2D eigenvalue weighted by molar-refractivity contribution is 5.81. The van der Waals surface area contributed by atoms with Gasteiger partial charge in [0.05, 0.1) is 0 Å². The highest BCUT2D eigenvalue weighted by Gasteiger charge is 2.25. The van der Waals surface area contributed by atoms with Crippen LogP contribution in [0.4, 0.5) is 0 Å². The Morgan fingerprint density at radius 2 is 2.25 bits per heavy atom. The van der Waals surface area contributed by atoms with Crippen molar-refractivity contribution in [3.05, 3.63) is 0 Å². The lowest BCUT2D eigenvalue weighted by Crippen LogP contribution is -2.44. The largest absolute Gasteiger partial charge is 0.370 e. The Hall–Kier alpha value is -0.610. The predicted octanol–water partition coefficient (Wildman–Crippen LogP) is 0.999. The average Bonchev–Trinajstić information content (AvgIpc) is 2.55. The van der Waals surface area contributed by atoms with Crippen LogP contribution in [0.3, 0.4) is 0 Å². The van der Waals surface area contributed by atoms with Gasteiger partial charge in [-0.2, -0.15) is 0 Å². The Morgan fingerprint density at radius 3 is 2.81 bits per heavy atom. The van der Waals surface area contributed by atoms with E-state index in [0.717, 1.165) is 31.8 Å². The Kier molecular flexibility index (Phi) is 5.77. The fourth-order valence-corrected chi connectivity index (χ4v) is 2.30. The maximum absolute atomic E-state index is 12.0. The fourth-order valence-electron chi connectivity index (χ4n) is 2.30. The predicted molar refractivity (Wildman–Crippen MR) is 64.1 cm³/mol. The maximum atomic E-state index is 12.0. The summed E-state index contributed by atoms with van der Waals surface area (Å²) >= 11 is 0. The molecule has 1 rings (SSSR count). The standard InChI is InChI=1S/C12H24N2O2/c1-3-10-5-4-7-14(8-6-10)12(15)11(9-13)16-2/h10-11H,3-9,13H2,1-2H3. The number of ether oxygens (including phenoxy) is 1. The van der Waals surface area contributed by atoms with Gasteiger partial charge in [0.15, 0.2) is 0 Å². The number of carbonyl (C=O) groups excluding carboxylic acids is 1. The van der Waals surface area contributed by atoms with Crippen molar-refractivity contribution in [3.8, 4) is 0 Å². The summed E-state index contributed by atoms with van der Waals surface area (Å²) < 4.78 is 5.09. The second-order valence-electron chi connectivity index (χ2n) is 4.49. The van der Waals surface area contributed by atoms with E-state index in [-0.39, 0.29) is 12.5 Å². The smallest absolute Gasteiger partial charge is 0.253 e. The summed E-state index contributed by atoms with van der Waals surface area (Å²) in [5, 5.41) is 0. The first-order chi connectivity index (χ1) is 7.72. The number of amides is 1. The quantitative estimate of drug-likeness (QED) is 0.781. The third kappa shape index (κ3) is 3.46. The average molecular weight is 228 g/mol. The fraction of sp³-hybridized carbons (Fsp3) is 0.917. The van der Waals surface area contributed by atoms with Crippen LogP contribution in [0.1, 0.15) is 32.6 Å². The van der Waals surface area contributed by atoms with Gasteiger partial charge < -0.3 is 15.4 Å². The van der Waals surface area contributed by atoms with E-state index in [2.05, 4.69) is 6.92 Å². The van der Waals surface area contributed by atoms with Gasteiger partial charge in [-0.15, -0.1) is 0 Å². The number of likely N-dealkylation sites (tertiary alicyclic amines) is 1. The van der Waals surface area contributed by atoms with E-state index in [4.69, 9.17) is 10.5 Å². The lowest BCUT2D eigenvalue weighted by atomic mass is 9.98. The molecule has 2 unspecified atom stereocenters. The molecule has 2 N–H and O–H groups in total. The first-order valence-corrected chi connectivity index (χ1v) is 6.24. The molecular formula is C12H24N2O2. The van der Waals surface area contributed by atoms with Crippen molar-refractivity contribution >= 4 is 5.91 Å². The van der Waals surface area contributed by atoms with Crippen LogP contribution in [-0.2, 0) is 9.53 Å². The van der Waals surface area contributed by atoms with Crippen LogP contribution in [0.15, 0.2) is 0 Å². The van der Waals surface area contributed by atoms with Gasteiger partial charge in [-0.3, -0.25) is 4.79 Å². The van der Waals surface area contributed by atoms with Crippen LogP contribution in [0, 0.1) is 5.92 Å². The van der Waals surface area contributed by atoms with Crippen LogP contribution in [-0.4, -0.2) is 43.7 Å². The molecule has 0 aromatic rings. The van der Waals surface area contributed by atoms with Crippen LogP contribution >= 0.6 is 0 Å². The Morgan fingerprint density at radius 1 is 1.50 bits per heavy atom. The maximum Gasteiger partial charge on any atom is 0.253 e. The lowest BCUT2D eigenvalue weighted by Gasteiger charge is -2.24. The minimum Gasteiger partial charge on any atom is -0.370 e. The minimum absolute atomic E-state index is 0.0572. The molecule has 0 radical (unpaired) electrons. The third-order valence-electron chi connectivity index (χ3n) is 3.51. The SMILES string of the molecule is CCC1CCCN(C(=O)C(CN)OC)CC1. The molecule has 0 aromatic heterocycles. The van der Waals surface area contributed by atoms with E-state index in [0.29, 0.717) is 0 Å². The number of nitrogens with zero attached hydrogens (tertiary/aromatic N) is 1. The van der Waals surface area contributed by atoms with Crippen molar-refractivity contribution in [2.24, 2.45) is 11.7 Å². The second-order valence-corrected chi connectivity index (χ2v) is 4.49. The second kappa shape index (κ2) is 6.86. The van der Waals surface area contributed by atoms with Crippen molar-refractivity contribution < 1.29 is 9.53 Å². The summed E-state index contributed by atoms with van der Waals surface area (Å²) in [5.74, 6) is 0.832. The summed E-state index contributed by atoms with van der Waals surface area (Å²) in [4.78, 5) is 13.9. The van der Waals surface area contributed by atoms with E-state index < -0.39 is 6.10 Å². The van der Waals surface area contributed by atoms with Gasteiger partial charge >= 0.3 is 0 Å². The highest BCUT2D eigenvalue weighted by Crippen LogP contribution is 2.20. The van der Waals surface area contributed by atoms with Gasteiger partial charge in [-0.1, -0.05) is 13.3 Å². The van der Waals surface area contributed by atoms with Crippen LogP contribution in [0.2, 0.25) is 0 Å². The third-order valence-corrected chi connectivity index (χ3v) is 3.51. The van der Waals surface area contributed by atoms with E-state index in [1.54, 1.807) is 7.11 Å². The molecule has 1 aliphatic heterocycles. The van der Waals surface area contributed by atoms with Crippen LogP contribution in [0.25, 0.3) is 0 Å². The first-order valence-electron chi connectivity index (χ1n) is 6.24. The van der Waals surface area contributed by atoms with E-state index in [1.165, 1.54) is 12.8 Å². The molecule has 4 nitrogen and oxygen atoms in total. The molecule has 0 aromatic carbocycles. The zero-order valence-electron chi connectivity index (χ0n) is 10.4. The Bertz CT molecular complexity index is 217. The zero-order valence-corrected chi connectivity index (χ0v) is 10.4. The molecule has 4 heteroatoms. The van der Waals surface area contributed by atoms with Gasteiger partial charge in [-0.25, -0.2) is 0 Å². The number of hydrogen-bond acceptors (Lipinski definition) is 3. The molecule has 94 valence electrons. The Balaban J connectivity index is 2.50. The van der Waals surface area contributed by atoms with Crippen LogP contribution in [0.5, 0.6) is 0 Å². The van der Waals surface area contributed by atoms with Gasteiger partial charge in [0, 0.05) is 26.7 Å². The molecule has 1 fully saturated rings. The molecule has 1 amide bonds. The highest BCUT2D eigenvalue weighted by atomic mass is 16.5. The summed E-state index contributed by atoms with van der Waals surface area (Å²) in [7, 11) is 1.54. The molecule has 0 saturated carbocycles. The Labute approximate surface area is 98.1 Å². The molecule has 0 spiro atoms. The number of methoxy groups -OCH3 is 1. The minimum atomic E-state index is -0.460. The van der Waals surface area contributed by atoms with Gasteiger partial charge in [-0.05, 0) is 25.2 Å². The summed E-state index contributed by atoms with van der Waals surface area (Å²) in [6, 6.07) is 0. The lowest BCUT2D eigenvalue weighted by molar-refractivity contribution is -0.141. The van der Waals surface area contributed by atoms with Gasteiger partial charge in [0.25, 0.3) is 5.91 Å². The monoisotopic (exact) mass is 228 g/mol. The van der Waals surface area contributed by atoms with E-state index in [1.807, 2.05) is 4.90 Å². The zero-order chi connectivity index (χ0) is 12.0. The topological polar surface area (TPSA) is 55.6 Å². The van der Waals surface area contributed by atoms with Gasteiger partial charge in [0.1, 0.15) is 6.10 Å². The molecule has 16 heavy (non-hydrogen) atoms. The molecule has 1 aliphatic rings. The molecule has 2 atom stereocenters. The number of carbonyl (C=O) groups is 1. The van der Waals surface area contributed by atoms with Gasteiger partial charge in [0.2, 0.25) is 0 Å². The number of rotatable bonds is 4. The van der Waals surface area contributed by atoms with Crippen molar-refractivity contribution in [2.45, 2.75) is 38.7 Å². The summed E-state index contributed by atoms with van der Waals surface area (Å²) in [5.41, 5.74) is 5.51. The molecule has 1 saturated heterocycles. The normalized spacial score (nSPS) is 23.9. The molecule has 1 heterocycles. The van der Waals surface area contributed by atoms with Crippen molar-refractivity contribution in [2.75, 3.05) is 26.7 Å². The van der Waals surface area contributed by atoms with Crippen molar-refractivity contribution in [3.63, 3.8) is 0 Å². The number of hydrogen-bond donors (Lipinski definition) is 1. The van der Waals surface area contributed by atoms with Crippen molar-refractivity contribution in [1.82, 2.24) is 4.90 Å². The number of nitrogens with two attached hydrogens (primary N) is 1. The molecule has 0 aliphatic carbocycles.